The van der Waals surface area contributed by atoms with Crippen molar-refractivity contribution in [1.29, 1.82) is 0 Å². The first kappa shape index (κ1) is 10.2. The number of fused-ring (bicyclic) bond motifs is 1. The van der Waals surface area contributed by atoms with Gasteiger partial charge in [0.15, 0.2) is 5.15 Å². The standard InChI is InChI=1S/C11H11ClN2O/c1-6-4-8-10(9(5-6)15-3)13-7(2)11(12)14-8/h4-5H,1-3H3. The zero-order valence-electron chi connectivity index (χ0n) is 8.84. The highest BCUT2D eigenvalue weighted by atomic mass is 35.5. The van der Waals surface area contributed by atoms with Crippen molar-refractivity contribution >= 4 is 22.6 Å². The molecule has 0 aliphatic rings. The Morgan fingerprint density at radius 3 is 2.60 bits per heavy atom. The van der Waals surface area contributed by atoms with Crippen LogP contribution in [0.4, 0.5) is 0 Å². The molecule has 0 saturated heterocycles. The van der Waals surface area contributed by atoms with E-state index in [4.69, 9.17) is 16.3 Å². The van der Waals surface area contributed by atoms with Crippen molar-refractivity contribution in [3.05, 3.63) is 28.5 Å². The van der Waals surface area contributed by atoms with E-state index in [0.717, 1.165) is 22.3 Å². The van der Waals surface area contributed by atoms with Gasteiger partial charge in [0.05, 0.1) is 18.3 Å². The Morgan fingerprint density at radius 1 is 1.20 bits per heavy atom. The zero-order chi connectivity index (χ0) is 11.0. The molecule has 0 aliphatic carbocycles. The molecule has 0 bridgehead atoms. The van der Waals surface area contributed by atoms with Crippen LogP contribution in [0.3, 0.4) is 0 Å². The smallest absolute Gasteiger partial charge is 0.150 e. The fourth-order valence-electron chi connectivity index (χ4n) is 1.48. The summed E-state index contributed by atoms with van der Waals surface area (Å²) in [7, 11) is 1.62. The predicted octanol–water partition coefficient (Wildman–Crippen LogP) is 2.91. The molecule has 0 radical (unpaired) electrons. The fourth-order valence-corrected chi connectivity index (χ4v) is 1.61. The van der Waals surface area contributed by atoms with Crippen molar-refractivity contribution in [3.8, 4) is 5.75 Å². The summed E-state index contributed by atoms with van der Waals surface area (Å²) in [6.45, 7) is 3.81. The number of aromatic nitrogens is 2. The minimum Gasteiger partial charge on any atom is -0.494 e. The summed E-state index contributed by atoms with van der Waals surface area (Å²) >= 11 is 5.92. The molecule has 0 saturated carbocycles. The molecule has 0 atom stereocenters. The third kappa shape index (κ3) is 1.75. The van der Waals surface area contributed by atoms with Crippen LogP contribution in [-0.4, -0.2) is 17.1 Å². The number of hydrogen-bond donors (Lipinski definition) is 0. The molecule has 0 spiro atoms. The summed E-state index contributed by atoms with van der Waals surface area (Å²) in [6, 6.07) is 3.88. The zero-order valence-corrected chi connectivity index (χ0v) is 9.59. The van der Waals surface area contributed by atoms with Gasteiger partial charge in [0.2, 0.25) is 0 Å². The fraction of sp³-hybridized carbons (Fsp3) is 0.273. The highest BCUT2D eigenvalue weighted by Gasteiger charge is 2.08. The Kier molecular flexibility index (Phi) is 2.49. The van der Waals surface area contributed by atoms with Crippen molar-refractivity contribution in [2.45, 2.75) is 13.8 Å². The van der Waals surface area contributed by atoms with Crippen LogP contribution in [0.2, 0.25) is 5.15 Å². The molecule has 1 heterocycles. The van der Waals surface area contributed by atoms with Crippen molar-refractivity contribution in [2.75, 3.05) is 7.11 Å². The van der Waals surface area contributed by atoms with Gasteiger partial charge in [-0.05, 0) is 31.5 Å². The maximum absolute atomic E-state index is 5.92. The Balaban J connectivity index is 2.84. The molecular weight excluding hydrogens is 212 g/mol. The minimum absolute atomic E-state index is 0.440. The number of aryl methyl sites for hydroxylation is 2. The lowest BCUT2D eigenvalue weighted by Gasteiger charge is -2.07. The number of halogens is 1. The number of methoxy groups -OCH3 is 1. The van der Waals surface area contributed by atoms with Crippen LogP contribution in [0.5, 0.6) is 5.75 Å². The van der Waals surface area contributed by atoms with Crippen LogP contribution in [0.15, 0.2) is 12.1 Å². The lowest BCUT2D eigenvalue weighted by molar-refractivity contribution is 0.418. The second-order valence-electron chi connectivity index (χ2n) is 3.43. The number of rotatable bonds is 1. The minimum atomic E-state index is 0.440. The normalized spacial score (nSPS) is 10.7. The summed E-state index contributed by atoms with van der Waals surface area (Å²) in [6.07, 6.45) is 0. The molecule has 15 heavy (non-hydrogen) atoms. The highest BCUT2D eigenvalue weighted by Crippen LogP contribution is 2.26. The largest absolute Gasteiger partial charge is 0.494 e. The summed E-state index contributed by atoms with van der Waals surface area (Å²) in [5.41, 5.74) is 3.31. The first-order chi connectivity index (χ1) is 7.11. The van der Waals surface area contributed by atoms with Gasteiger partial charge in [-0.3, -0.25) is 0 Å². The van der Waals surface area contributed by atoms with E-state index in [1.165, 1.54) is 0 Å². The van der Waals surface area contributed by atoms with E-state index in [0.29, 0.717) is 10.8 Å². The Hall–Kier alpha value is -1.35. The lowest BCUT2D eigenvalue weighted by atomic mass is 10.2. The molecule has 2 aromatic rings. The van der Waals surface area contributed by atoms with Gasteiger partial charge in [0.1, 0.15) is 11.3 Å². The third-order valence-electron chi connectivity index (χ3n) is 2.22. The second kappa shape index (κ2) is 3.66. The molecule has 4 heteroatoms. The van der Waals surface area contributed by atoms with Gasteiger partial charge in [0.25, 0.3) is 0 Å². The average molecular weight is 223 g/mol. The predicted molar refractivity (Wildman–Crippen MR) is 60.6 cm³/mol. The van der Waals surface area contributed by atoms with Crippen molar-refractivity contribution in [1.82, 2.24) is 9.97 Å². The van der Waals surface area contributed by atoms with Gasteiger partial charge in [-0.25, -0.2) is 9.97 Å². The number of nitrogens with zero attached hydrogens (tertiary/aromatic N) is 2. The molecule has 0 unspecified atom stereocenters. The number of hydrogen-bond acceptors (Lipinski definition) is 3. The van der Waals surface area contributed by atoms with E-state index >= 15 is 0 Å². The first-order valence-electron chi connectivity index (χ1n) is 4.60. The molecule has 1 aromatic carbocycles. The van der Waals surface area contributed by atoms with Gasteiger partial charge < -0.3 is 4.74 Å². The summed E-state index contributed by atoms with van der Waals surface area (Å²) in [4.78, 5) is 8.64. The van der Waals surface area contributed by atoms with Gasteiger partial charge in [0, 0.05) is 0 Å². The van der Waals surface area contributed by atoms with Gasteiger partial charge in [-0.2, -0.15) is 0 Å². The van der Waals surface area contributed by atoms with Gasteiger partial charge in [-0.15, -0.1) is 0 Å². The molecule has 3 nitrogen and oxygen atoms in total. The summed E-state index contributed by atoms with van der Waals surface area (Å²) in [5.74, 6) is 0.734. The van der Waals surface area contributed by atoms with Crippen molar-refractivity contribution < 1.29 is 4.74 Å². The Bertz CT molecular complexity index is 525. The van der Waals surface area contributed by atoms with E-state index in [1.54, 1.807) is 7.11 Å². The molecule has 0 N–H and O–H groups in total. The highest BCUT2D eigenvalue weighted by molar-refractivity contribution is 6.30. The van der Waals surface area contributed by atoms with Crippen LogP contribution in [-0.2, 0) is 0 Å². The van der Waals surface area contributed by atoms with Crippen molar-refractivity contribution in [3.63, 3.8) is 0 Å². The van der Waals surface area contributed by atoms with Crippen LogP contribution in [0, 0.1) is 13.8 Å². The van der Waals surface area contributed by atoms with E-state index in [2.05, 4.69) is 9.97 Å². The van der Waals surface area contributed by atoms with Crippen LogP contribution < -0.4 is 4.74 Å². The van der Waals surface area contributed by atoms with Crippen LogP contribution >= 0.6 is 11.6 Å². The lowest BCUT2D eigenvalue weighted by Crippen LogP contribution is -1.94. The number of ether oxygens (including phenoxy) is 1. The average Bonchev–Trinajstić information content (AvgIpc) is 2.19. The second-order valence-corrected chi connectivity index (χ2v) is 3.79. The molecule has 0 fully saturated rings. The van der Waals surface area contributed by atoms with Gasteiger partial charge in [-0.1, -0.05) is 11.6 Å². The summed E-state index contributed by atoms with van der Waals surface area (Å²) < 4.78 is 5.26. The molecule has 2 rings (SSSR count). The molecular formula is C11H11ClN2O. The van der Waals surface area contributed by atoms with Crippen LogP contribution in [0.1, 0.15) is 11.3 Å². The van der Waals surface area contributed by atoms with E-state index in [9.17, 15) is 0 Å². The third-order valence-corrected chi connectivity index (χ3v) is 2.57. The number of benzene rings is 1. The topological polar surface area (TPSA) is 35.0 Å². The van der Waals surface area contributed by atoms with Gasteiger partial charge >= 0.3 is 0 Å². The van der Waals surface area contributed by atoms with E-state index in [-0.39, 0.29) is 0 Å². The maximum Gasteiger partial charge on any atom is 0.150 e. The van der Waals surface area contributed by atoms with Crippen LogP contribution in [0.25, 0.3) is 11.0 Å². The Labute approximate surface area is 93.1 Å². The van der Waals surface area contributed by atoms with Crippen molar-refractivity contribution in [2.24, 2.45) is 0 Å². The van der Waals surface area contributed by atoms with E-state index in [1.807, 2.05) is 26.0 Å². The molecule has 0 aliphatic heterocycles. The molecule has 1 aromatic heterocycles. The van der Waals surface area contributed by atoms with E-state index < -0.39 is 0 Å². The summed E-state index contributed by atoms with van der Waals surface area (Å²) in [5, 5.41) is 0.440. The Morgan fingerprint density at radius 2 is 1.93 bits per heavy atom. The SMILES string of the molecule is COc1cc(C)cc2nc(Cl)c(C)nc12. The monoisotopic (exact) mass is 222 g/mol. The molecule has 0 amide bonds. The maximum atomic E-state index is 5.92. The molecule has 78 valence electrons. The quantitative estimate of drug-likeness (QED) is 0.744. The first-order valence-corrected chi connectivity index (χ1v) is 4.98.